The highest BCUT2D eigenvalue weighted by Gasteiger charge is 2.65. The molecular formula is C29H43N3O5. The summed E-state index contributed by atoms with van der Waals surface area (Å²) in [5, 5.41) is 21.2. The summed E-state index contributed by atoms with van der Waals surface area (Å²) in [7, 11) is 0. The monoisotopic (exact) mass is 513 g/mol. The number of fused-ring (bicyclic) bond motifs is 5. The summed E-state index contributed by atoms with van der Waals surface area (Å²) in [5.41, 5.74) is 0.911. The maximum atomic E-state index is 12.4. The Morgan fingerprint density at radius 1 is 1.11 bits per heavy atom. The predicted octanol–water partition coefficient (Wildman–Crippen LogP) is 3.43. The van der Waals surface area contributed by atoms with Gasteiger partial charge in [-0.05, 0) is 107 Å². The summed E-state index contributed by atoms with van der Waals surface area (Å²) in [4.78, 5) is 42.2. The number of carbonyl (C=O) groups is 3. The molecule has 5 aliphatic rings. The van der Waals surface area contributed by atoms with Gasteiger partial charge in [-0.3, -0.25) is 14.4 Å². The molecule has 8 heteroatoms. The average Bonchev–Trinajstić information content (AvgIpc) is 2.99. The van der Waals surface area contributed by atoms with Crippen molar-refractivity contribution in [3.63, 3.8) is 0 Å². The minimum atomic E-state index is -1.17. The number of amides is 2. The second kappa shape index (κ2) is 9.83. The van der Waals surface area contributed by atoms with Crippen LogP contribution in [0.4, 0.5) is 0 Å². The van der Waals surface area contributed by atoms with E-state index in [0.29, 0.717) is 37.1 Å². The summed E-state index contributed by atoms with van der Waals surface area (Å²) in [5.74, 6) is 0.963. The van der Waals surface area contributed by atoms with Gasteiger partial charge in [-0.2, -0.15) is 0 Å². The van der Waals surface area contributed by atoms with Crippen LogP contribution in [0.15, 0.2) is 16.8 Å². The van der Waals surface area contributed by atoms with E-state index in [1.165, 1.54) is 5.57 Å². The van der Waals surface area contributed by atoms with E-state index >= 15 is 0 Å². The summed E-state index contributed by atoms with van der Waals surface area (Å²) < 4.78 is 0. The molecule has 0 aromatic heterocycles. The third-order valence-corrected chi connectivity index (χ3v) is 11.0. The molecule has 2 amide bonds. The molecule has 4 aliphatic carbocycles. The highest BCUT2D eigenvalue weighted by molar-refractivity contribution is 5.96. The van der Waals surface area contributed by atoms with Crippen molar-refractivity contribution in [2.45, 2.75) is 103 Å². The molecule has 3 N–H and O–H groups in total. The highest BCUT2D eigenvalue weighted by atomic mass is 16.6. The minimum absolute atomic E-state index is 0.0664. The topological polar surface area (TPSA) is 117 Å². The summed E-state index contributed by atoms with van der Waals surface area (Å²) in [6, 6.07) is -0.498. The lowest BCUT2D eigenvalue weighted by atomic mass is 9.46. The second-order valence-electron chi connectivity index (χ2n) is 12.7. The first-order valence-electron chi connectivity index (χ1n) is 14.3. The van der Waals surface area contributed by atoms with Crippen LogP contribution in [0, 0.1) is 28.6 Å². The van der Waals surface area contributed by atoms with Crippen LogP contribution in [0.1, 0.15) is 91.4 Å². The predicted molar refractivity (Wildman–Crippen MR) is 140 cm³/mol. The van der Waals surface area contributed by atoms with Crippen LogP contribution in [0.5, 0.6) is 0 Å². The number of hydrogen-bond donors (Lipinski definition) is 3. The van der Waals surface area contributed by atoms with Crippen LogP contribution >= 0.6 is 0 Å². The van der Waals surface area contributed by atoms with E-state index in [1.807, 2.05) is 0 Å². The van der Waals surface area contributed by atoms with E-state index in [4.69, 9.17) is 4.84 Å². The van der Waals surface area contributed by atoms with E-state index in [1.54, 1.807) is 6.92 Å². The number of nitrogens with one attached hydrogen (secondary N) is 2. The van der Waals surface area contributed by atoms with Gasteiger partial charge in [-0.15, -0.1) is 0 Å². The first-order chi connectivity index (χ1) is 17.6. The zero-order valence-corrected chi connectivity index (χ0v) is 22.6. The number of allylic oxidation sites excluding steroid dienone is 2. The van der Waals surface area contributed by atoms with Crippen LogP contribution < -0.4 is 10.6 Å². The Morgan fingerprint density at radius 3 is 2.68 bits per heavy atom. The number of nitrogens with zero attached hydrogens (tertiary/aromatic N) is 1. The number of hydrogen-bond acceptors (Lipinski definition) is 6. The Bertz CT molecular complexity index is 1020. The maximum absolute atomic E-state index is 12.4. The zero-order chi connectivity index (χ0) is 26.4. The molecule has 37 heavy (non-hydrogen) atoms. The molecule has 8 nitrogen and oxygen atoms in total. The highest BCUT2D eigenvalue weighted by Crippen LogP contribution is 2.67. The second-order valence-corrected chi connectivity index (χ2v) is 12.7. The van der Waals surface area contributed by atoms with Crippen LogP contribution in [-0.4, -0.2) is 53.2 Å². The lowest BCUT2D eigenvalue weighted by Gasteiger charge is -2.59. The zero-order valence-electron chi connectivity index (χ0n) is 22.6. The van der Waals surface area contributed by atoms with E-state index in [-0.39, 0.29) is 35.0 Å². The van der Waals surface area contributed by atoms with E-state index in [9.17, 15) is 19.5 Å². The smallest absolute Gasteiger partial charge is 0.261 e. The van der Waals surface area contributed by atoms with Gasteiger partial charge in [-0.25, -0.2) is 0 Å². The van der Waals surface area contributed by atoms with Gasteiger partial charge >= 0.3 is 0 Å². The van der Waals surface area contributed by atoms with Gasteiger partial charge < -0.3 is 20.6 Å². The fraction of sp³-hybridized carbons (Fsp3) is 0.793. The Labute approximate surface area is 220 Å². The van der Waals surface area contributed by atoms with Gasteiger partial charge in [0.15, 0.2) is 12.4 Å². The molecule has 1 aliphatic heterocycles. The fourth-order valence-corrected chi connectivity index (χ4v) is 8.72. The van der Waals surface area contributed by atoms with Gasteiger partial charge in [-0.1, -0.05) is 24.6 Å². The van der Waals surface area contributed by atoms with Crippen molar-refractivity contribution in [3.8, 4) is 0 Å². The molecule has 5 rings (SSSR count). The number of oxime groups is 1. The van der Waals surface area contributed by atoms with Gasteiger partial charge in [0.2, 0.25) is 5.91 Å². The average molecular weight is 514 g/mol. The van der Waals surface area contributed by atoms with Crippen LogP contribution in [-0.2, 0) is 19.2 Å². The molecule has 0 bridgehead atoms. The number of rotatable bonds is 5. The van der Waals surface area contributed by atoms with Gasteiger partial charge in [0.25, 0.3) is 5.91 Å². The van der Waals surface area contributed by atoms with Crippen molar-refractivity contribution in [1.29, 1.82) is 0 Å². The number of carbonyl (C=O) groups excluding carboxylic acids is 3. The van der Waals surface area contributed by atoms with Crippen LogP contribution in [0.2, 0.25) is 0 Å². The third kappa shape index (κ3) is 4.43. The minimum Gasteiger partial charge on any atom is -0.385 e. The molecule has 0 radical (unpaired) electrons. The molecule has 0 aromatic carbocycles. The largest absolute Gasteiger partial charge is 0.385 e. The number of aliphatic hydroxyl groups is 1. The van der Waals surface area contributed by atoms with E-state index in [0.717, 1.165) is 63.5 Å². The van der Waals surface area contributed by atoms with E-state index < -0.39 is 11.6 Å². The maximum Gasteiger partial charge on any atom is 0.261 e. The lowest BCUT2D eigenvalue weighted by molar-refractivity contribution is -0.159. The molecule has 4 fully saturated rings. The Morgan fingerprint density at radius 2 is 1.89 bits per heavy atom. The molecule has 7 atom stereocenters. The molecule has 1 saturated heterocycles. The molecule has 4 unspecified atom stereocenters. The first-order valence-corrected chi connectivity index (χ1v) is 14.3. The summed E-state index contributed by atoms with van der Waals surface area (Å²) in [6.07, 6.45) is 12.0. The molecule has 1 heterocycles. The van der Waals surface area contributed by atoms with Crippen LogP contribution in [0.3, 0.4) is 0 Å². The van der Waals surface area contributed by atoms with Crippen molar-refractivity contribution in [2.75, 3.05) is 13.2 Å². The molecule has 0 aromatic rings. The van der Waals surface area contributed by atoms with E-state index in [2.05, 4.69) is 35.7 Å². The molecule has 204 valence electrons. The fourth-order valence-electron chi connectivity index (χ4n) is 8.72. The van der Waals surface area contributed by atoms with Gasteiger partial charge in [0.1, 0.15) is 11.6 Å². The Hall–Kier alpha value is -2.22. The normalized spacial score (nSPS) is 42.4. The third-order valence-electron chi connectivity index (χ3n) is 11.0. The summed E-state index contributed by atoms with van der Waals surface area (Å²) in [6.45, 7) is 6.58. The SMILES string of the molecule is CC(=O)[C@@]1(O)CCC2C3CCC4=CC(=NOCC(=O)NC5CCCCNC5=O)CC[C@@]4(C)C3CC[C@@]21C. The quantitative estimate of drug-likeness (QED) is 0.487. The molecule has 3 saturated carbocycles. The van der Waals surface area contributed by atoms with Crippen molar-refractivity contribution < 1.29 is 24.3 Å². The number of Topliss-reactive ketones (excluding diaryl/α,β-unsaturated/α-hetero) is 1. The van der Waals surface area contributed by atoms with Crippen molar-refractivity contribution in [2.24, 2.45) is 33.7 Å². The molecule has 0 spiro atoms. The van der Waals surface area contributed by atoms with Crippen molar-refractivity contribution >= 4 is 23.3 Å². The first kappa shape index (κ1) is 26.4. The lowest BCUT2D eigenvalue weighted by Crippen LogP contribution is -2.57. The van der Waals surface area contributed by atoms with Gasteiger partial charge in [0.05, 0.1) is 5.71 Å². The Kier molecular flexibility index (Phi) is 7.01. The van der Waals surface area contributed by atoms with Crippen LogP contribution in [0.25, 0.3) is 0 Å². The standard InChI is InChI=1S/C29H43N3O5/c1-18(33)29(36)14-11-23-21-8-7-19-16-20(9-12-27(19,2)22(21)10-13-28(23,29)3)32-37-17-25(34)31-24-6-4-5-15-30-26(24)35/h16,21-24,36H,4-15,17H2,1-3H3,(H,30,35)(H,31,34)/t21?,22?,23?,24?,27-,28+,29+/m1/s1. The Balaban J connectivity index is 1.22. The molecular weight excluding hydrogens is 470 g/mol. The number of ketones is 1. The van der Waals surface area contributed by atoms with Crippen molar-refractivity contribution in [3.05, 3.63) is 11.6 Å². The summed E-state index contributed by atoms with van der Waals surface area (Å²) >= 11 is 0. The van der Waals surface area contributed by atoms with Crippen molar-refractivity contribution in [1.82, 2.24) is 10.6 Å². The van der Waals surface area contributed by atoms with Gasteiger partial charge in [0, 0.05) is 12.0 Å².